The number of hydrogen-bond donors (Lipinski definition) is 2. The number of amides is 1. The molecule has 2 aromatic rings. The third-order valence-corrected chi connectivity index (χ3v) is 4.30. The van der Waals surface area contributed by atoms with Gasteiger partial charge in [-0.3, -0.25) is 19.0 Å². The summed E-state index contributed by atoms with van der Waals surface area (Å²) < 4.78 is 7.50. The number of esters is 1. The summed E-state index contributed by atoms with van der Waals surface area (Å²) in [7, 11) is 0. The predicted octanol–water partition coefficient (Wildman–Crippen LogP) is 1.25. The molecule has 0 atom stereocenters. The lowest BCUT2D eigenvalue weighted by atomic mass is 9.97. The van der Waals surface area contributed by atoms with Crippen molar-refractivity contribution in [2.75, 3.05) is 6.61 Å². The number of aromatic nitrogens is 3. The zero-order valence-electron chi connectivity index (χ0n) is 16.6. The second kappa shape index (κ2) is 7.29. The third-order valence-electron chi connectivity index (χ3n) is 4.30. The van der Waals surface area contributed by atoms with Gasteiger partial charge in [0.15, 0.2) is 5.56 Å². The van der Waals surface area contributed by atoms with Crippen LogP contribution in [0.5, 0.6) is 5.88 Å². The van der Waals surface area contributed by atoms with Gasteiger partial charge in [-0.2, -0.15) is 9.61 Å². The molecule has 1 aliphatic carbocycles. The van der Waals surface area contributed by atoms with Crippen molar-refractivity contribution in [2.24, 2.45) is 5.41 Å². The Morgan fingerprint density at radius 1 is 1.36 bits per heavy atom. The lowest BCUT2D eigenvalue weighted by Crippen LogP contribution is -2.37. The number of rotatable bonds is 6. The monoisotopic (exact) mass is 390 g/mol. The van der Waals surface area contributed by atoms with Crippen molar-refractivity contribution in [1.82, 2.24) is 19.5 Å². The Bertz CT molecular complexity index is 979. The fraction of sp³-hybridized carbons (Fsp3) is 0.579. The van der Waals surface area contributed by atoms with Crippen molar-refractivity contribution in [2.45, 2.75) is 59.5 Å². The number of nitrogens with one attached hydrogen (secondary N) is 1. The number of fused-ring (bicyclic) bond motifs is 1. The number of carbonyl (C=O) groups excluding carboxylic acids is 2. The predicted molar refractivity (Wildman–Crippen MR) is 101 cm³/mol. The van der Waals surface area contributed by atoms with E-state index in [1.54, 1.807) is 13.0 Å². The molecule has 9 heteroatoms. The molecule has 0 aromatic carbocycles. The zero-order valence-corrected chi connectivity index (χ0v) is 16.6. The molecule has 2 N–H and O–H groups in total. The van der Waals surface area contributed by atoms with E-state index in [9.17, 15) is 19.5 Å². The minimum Gasteiger partial charge on any atom is -0.492 e. The van der Waals surface area contributed by atoms with Crippen LogP contribution in [0, 0.1) is 5.41 Å². The van der Waals surface area contributed by atoms with Crippen LogP contribution in [0.25, 0.3) is 5.65 Å². The smallest absolute Gasteiger partial charge is 0.311 e. The second-order valence-corrected chi connectivity index (χ2v) is 8.29. The van der Waals surface area contributed by atoms with Crippen LogP contribution in [0.15, 0.2) is 10.9 Å². The van der Waals surface area contributed by atoms with E-state index in [1.807, 2.05) is 20.8 Å². The Kier molecular flexibility index (Phi) is 5.18. The van der Waals surface area contributed by atoms with Gasteiger partial charge < -0.3 is 15.2 Å². The fourth-order valence-electron chi connectivity index (χ4n) is 2.96. The first-order valence-electron chi connectivity index (χ1n) is 9.41. The van der Waals surface area contributed by atoms with Crippen LogP contribution in [0.2, 0.25) is 0 Å². The van der Waals surface area contributed by atoms with Crippen LogP contribution in [-0.4, -0.2) is 43.8 Å². The SMILES string of the molecule is CCOC(=O)Cc1cc2n(CC(C)(C)C)c(=O)c(C(=O)NC3CC3)c(O)n2n1. The van der Waals surface area contributed by atoms with E-state index in [-0.39, 0.29) is 30.0 Å². The van der Waals surface area contributed by atoms with Crippen molar-refractivity contribution in [3.05, 3.63) is 27.7 Å². The van der Waals surface area contributed by atoms with Gasteiger partial charge in [0.25, 0.3) is 11.5 Å². The maximum absolute atomic E-state index is 13.1. The molecule has 2 heterocycles. The summed E-state index contributed by atoms with van der Waals surface area (Å²) in [4.78, 5) is 37.4. The van der Waals surface area contributed by atoms with Crippen LogP contribution in [0.1, 0.15) is 56.6 Å². The fourth-order valence-corrected chi connectivity index (χ4v) is 2.96. The van der Waals surface area contributed by atoms with Crippen LogP contribution in [0.3, 0.4) is 0 Å². The van der Waals surface area contributed by atoms with Gasteiger partial charge in [0.1, 0.15) is 5.65 Å². The van der Waals surface area contributed by atoms with Crippen molar-refractivity contribution in [3.63, 3.8) is 0 Å². The maximum atomic E-state index is 13.1. The molecule has 28 heavy (non-hydrogen) atoms. The molecule has 0 bridgehead atoms. The highest BCUT2D eigenvalue weighted by atomic mass is 16.5. The van der Waals surface area contributed by atoms with Crippen LogP contribution < -0.4 is 10.9 Å². The molecule has 0 radical (unpaired) electrons. The first kappa shape index (κ1) is 19.9. The first-order valence-corrected chi connectivity index (χ1v) is 9.41. The van der Waals surface area contributed by atoms with Crippen molar-refractivity contribution >= 4 is 17.5 Å². The molecule has 1 aliphatic rings. The van der Waals surface area contributed by atoms with E-state index in [1.165, 1.54) is 4.57 Å². The molecule has 1 saturated carbocycles. The normalized spacial score (nSPS) is 14.3. The number of aromatic hydroxyl groups is 1. The topological polar surface area (TPSA) is 115 Å². The van der Waals surface area contributed by atoms with Gasteiger partial charge in [0.05, 0.1) is 18.7 Å². The molecule has 152 valence electrons. The quantitative estimate of drug-likeness (QED) is 0.717. The third kappa shape index (κ3) is 4.18. The first-order chi connectivity index (χ1) is 13.1. The van der Waals surface area contributed by atoms with Gasteiger partial charge in [-0.1, -0.05) is 20.8 Å². The number of carbonyl (C=O) groups is 2. The number of hydrogen-bond acceptors (Lipinski definition) is 6. The number of nitrogens with zero attached hydrogens (tertiary/aromatic N) is 3. The summed E-state index contributed by atoms with van der Waals surface area (Å²) in [5.74, 6) is -1.60. The minimum atomic E-state index is -0.614. The molecule has 1 fully saturated rings. The molecule has 2 aromatic heterocycles. The molecular formula is C19H26N4O5. The Morgan fingerprint density at radius 2 is 2.04 bits per heavy atom. The van der Waals surface area contributed by atoms with Crippen LogP contribution in [0.4, 0.5) is 0 Å². The maximum Gasteiger partial charge on any atom is 0.311 e. The lowest BCUT2D eigenvalue weighted by Gasteiger charge is -2.21. The average Bonchev–Trinajstić information content (AvgIpc) is 3.28. The van der Waals surface area contributed by atoms with Crippen molar-refractivity contribution < 1.29 is 19.4 Å². The number of ether oxygens (including phenoxy) is 1. The van der Waals surface area contributed by atoms with Crippen molar-refractivity contribution in [1.29, 1.82) is 0 Å². The second-order valence-electron chi connectivity index (χ2n) is 8.29. The van der Waals surface area contributed by atoms with Gasteiger partial charge in [0.2, 0.25) is 5.88 Å². The van der Waals surface area contributed by atoms with Crippen LogP contribution >= 0.6 is 0 Å². The van der Waals surface area contributed by atoms with Gasteiger partial charge in [-0.15, -0.1) is 0 Å². The molecule has 0 spiro atoms. The molecule has 1 amide bonds. The van der Waals surface area contributed by atoms with E-state index in [4.69, 9.17) is 4.74 Å². The molecular weight excluding hydrogens is 364 g/mol. The zero-order chi connectivity index (χ0) is 20.6. The Morgan fingerprint density at radius 3 is 2.61 bits per heavy atom. The highest BCUT2D eigenvalue weighted by Crippen LogP contribution is 2.24. The molecule has 0 unspecified atom stereocenters. The van der Waals surface area contributed by atoms with Gasteiger partial charge in [-0.25, -0.2) is 0 Å². The molecule has 0 saturated heterocycles. The Labute approximate surface area is 162 Å². The minimum absolute atomic E-state index is 0.0371. The molecule has 9 nitrogen and oxygen atoms in total. The highest BCUT2D eigenvalue weighted by molar-refractivity contribution is 5.96. The molecule has 0 aliphatic heterocycles. The summed E-state index contributed by atoms with van der Waals surface area (Å²) in [5, 5.41) is 17.6. The van der Waals surface area contributed by atoms with E-state index in [2.05, 4.69) is 10.4 Å². The van der Waals surface area contributed by atoms with Gasteiger partial charge in [0, 0.05) is 18.7 Å². The van der Waals surface area contributed by atoms with Crippen molar-refractivity contribution in [3.8, 4) is 5.88 Å². The summed E-state index contributed by atoms with van der Waals surface area (Å²) >= 11 is 0. The Balaban J connectivity index is 2.14. The van der Waals surface area contributed by atoms with Crippen LogP contribution in [-0.2, 0) is 22.5 Å². The largest absolute Gasteiger partial charge is 0.492 e. The summed E-state index contributed by atoms with van der Waals surface area (Å²) in [5.41, 5.74) is -0.526. The van der Waals surface area contributed by atoms with Gasteiger partial charge in [-0.05, 0) is 25.2 Å². The molecule has 3 rings (SSSR count). The van der Waals surface area contributed by atoms with E-state index >= 15 is 0 Å². The standard InChI is InChI=1S/C19H26N4O5/c1-5-28-14(24)9-12-8-13-22(10-19(2,3)4)17(26)15(18(27)23(13)21-12)16(25)20-11-6-7-11/h8,11,27H,5-7,9-10H2,1-4H3,(H,20,25). The average molecular weight is 390 g/mol. The van der Waals surface area contributed by atoms with E-state index < -0.39 is 23.3 Å². The van der Waals surface area contributed by atoms with E-state index in [0.29, 0.717) is 17.9 Å². The summed E-state index contributed by atoms with van der Waals surface area (Å²) in [6.45, 7) is 8.15. The summed E-state index contributed by atoms with van der Waals surface area (Å²) in [6, 6.07) is 1.60. The van der Waals surface area contributed by atoms with Gasteiger partial charge >= 0.3 is 5.97 Å². The summed E-state index contributed by atoms with van der Waals surface area (Å²) in [6.07, 6.45) is 1.62. The Hall–Kier alpha value is -2.84. The highest BCUT2D eigenvalue weighted by Gasteiger charge is 2.30. The van der Waals surface area contributed by atoms with E-state index in [0.717, 1.165) is 17.4 Å². The lowest BCUT2D eigenvalue weighted by molar-refractivity contribution is -0.142.